The summed E-state index contributed by atoms with van der Waals surface area (Å²) in [6, 6.07) is 0. The van der Waals surface area contributed by atoms with Crippen molar-refractivity contribution < 1.29 is 22.3 Å². The van der Waals surface area contributed by atoms with Gasteiger partial charge in [-0.1, -0.05) is 0 Å². The molecule has 86 valence electrons. The van der Waals surface area contributed by atoms with Crippen LogP contribution in [0, 0.1) is 0 Å². The summed E-state index contributed by atoms with van der Waals surface area (Å²) < 4.78 is 55.9. The van der Waals surface area contributed by atoms with Gasteiger partial charge in [0.25, 0.3) is 0 Å². The molecule has 0 saturated carbocycles. The first-order valence-electron chi connectivity index (χ1n) is 3.73. The van der Waals surface area contributed by atoms with E-state index >= 15 is 0 Å². The highest BCUT2D eigenvalue weighted by molar-refractivity contribution is 7.09. The van der Waals surface area contributed by atoms with Gasteiger partial charge >= 0.3 is 12.3 Å². The molecule has 0 aliphatic rings. The molecule has 2 N–H and O–H groups in total. The summed E-state index contributed by atoms with van der Waals surface area (Å²) in [5.41, 5.74) is 5.21. The van der Waals surface area contributed by atoms with Gasteiger partial charge in [-0.3, -0.25) is 0 Å². The third-order valence-electron chi connectivity index (χ3n) is 1.33. The van der Waals surface area contributed by atoms with Crippen LogP contribution in [0.4, 0.5) is 22.7 Å². The smallest absolute Gasteiger partial charge is 0.330 e. The maximum absolute atomic E-state index is 12.3. The second-order valence-corrected chi connectivity index (χ2v) is 3.39. The summed E-state index contributed by atoms with van der Waals surface area (Å²) in [7, 11) is 0. The molecule has 4 nitrogen and oxygen atoms in total. The zero-order valence-corrected chi connectivity index (χ0v) is 8.11. The molecule has 0 aromatic carbocycles. The fourth-order valence-corrected chi connectivity index (χ4v) is 1.11. The van der Waals surface area contributed by atoms with Gasteiger partial charge in [-0.15, -0.1) is 0 Å². The molecule has 1 rings (SSSR count). The molecule has 0 radical (unpaired) electrons. The topological polar surface area (TPSA) is 61.0 Å². The van der Waals surface area contributed by atoms with Crippen LogP contribution in [0.5, 0.6) is 0 Å². The van der Waals surface area contributed by atoms with E-state index in [1.165, 1.54) is 0 Å². The lowest BCUT2D eigenvalue weighted by Crippen LogP contribution is -2.32. The Kier molecular flexibility index (Phi) is 3.80. The Morgan fingerprint density at radius 2 is 2.13 bits per heavy atom. The van der Waals surface area contributed by atoms with E-state index in [9.17, 15) is 17.6 Å². The second kappa shape index (κ2) is 4.71. The lowest BCUT2D eigenvalue weighted by atomic mass is 10.4. The van der Waals surface area contributed by atoms with Gasteiger partial charge in [-0.2, -0.15) is 13.2 Å². The summed E-state index contributed by atoms with van der Waals surface area (Å²) >= 11 is 0.870. The molecule has 0 spiro atoms. The van der Waals surface area contributed by atoms with Crippen LogP contribution in [0.25, 0.3) is 0 Å². The molecule has 0 atom stereocenters. The van der Waals surface area contributed by atoms with Crippen molar-refractivity contribution in [1.29, 1.82) is 0 Å². The van der Waals surface area contributed by atoms with Crippen LogP contribution in [0.1, 0.15) is 5.82 Å². The maximum atomic E-state index is 12.3. The Morgan fingerprint density at radius 3 is 2.60 bits per heavy atom. The van der Waals surface area contributed by atoms with Crippen LogP contribution in [-0.2, 0) is 11.3 Å². The highest BCUT2D eigenvalue weighted by Crippen LogP contribution is 2.23. The predicted octanol–water partition coefficient (Wildman–Crippen LogP) is 1.54. The SMILES string of the molecule is Nc1nc(COCC(F)(F)C(F)F)ns1. The van der Waals surface area contributed by atoms with Crippen molar-refractivity contribution in [2.24, 2.45) is 0 Å². The van der Waals surface area contributed by atoms with Crippen molar-refractivity contribution in [2.45, 2.75) is 19.0 Å². The molecule has 0 unspecified atom stereocenters. The van der Waals surface area contributed by atoms with Gasteiger partial charge in [-0.05, 0) is 0 Å². The summed E-state index contributed by atoms with van der Waals surface area (Å²) in [5.74, 6) is -4.05. The van der Waals surface area contributed by atoms with E-state index in [1.54, 1.807) is 0 Å². The molecular weight excluding hydrogens is 238 g/mol. The van der Waals surface area contributed by atoms with E-state index in [2.05, 4.69) is 14.1 Å². The second-order valence-electron chi connectivity index (χ2n) is 2.60. The normalized spacial score (nSPS) is 12.3. The molecule has 0 amide bonds. The summed E-state index contributed by atoms with van der Waals surface area (Å²) in [4.78, 5) is 3.60. The lowest BCUT2D eigenvalue weighted by molar-refractivity contribution is -0.168. The molecule has 0 saturated heterocycles. The number of halogens is 4. The summed E-state index contributed by atoms with van der Waals surface area (Å²) in [6.07, 6.45) is -3.74. The molecule has 9 heteroatoms. The summed E-state index contributed by atoms with van der Waals surface area (Å²) in [5, 5.41) is 0.161. The Labute approximate surface area is 86.2 Å². The Hall–Kier alpha value is -0.960. The number of anilines is 1. The highest BCUT2D eigenvalue weighted by atomic mass is 32.1. The highest BCUT2D eigenvalue weighted by Gasteiger charge is 2.40. The minimum Gasteiger partial charge on any atom is -0.374 e. The fraction of sp³-hybridized carbons (Fsp3) is 0.667. The van der Waals surface area contributed by atoms with Crippen LogP contribution in [0.2, 0.25) is 0 Å². The van der Waals surface area contributed by atoms with Gasteiger partial charge in [0.1, 0.15) is 13.2 Å². The van der Waals surface area contributed by atoms with Crippen molar-refractivity contribution in [3.63, 3.8) is 0 Å². The fourth-order valence-electron chi connectivity index (χ4n) is 0.667. The van der Waals surface area contributed by atoms with E-state index in [0.717, 1.165) is 11.5 Å². The zero-order valence-electron chi connectivity index (χ0n) is 7.29. The minimum atomic E-state index is -4.15. The van der Waals surface area contributed by atoms with E-state index in [4.69, 9.17) is 5.73 Å². The monoisotopic (exact) mass is 245 g/mol. The molecule has 1 aromatic rings. The molecule has 0 aliphatic carbocycles. The maximum Gasteiger partial charge on any atom is 0.330 e. The van der Waals surface area contributed by atoms with Crippen LogP contribution in [0.15, 0.2) is 0 Å². The molecule has 0 bridgehead atoms. The number of nitrogens with zero attached hydrogens (tertiary/aromatic N) is 2. The van der Waals surface area contributed by atoms with E-state index in [-0.39, 0.29) is 17.6 Å². The number of rotatable bonds is 5. The molecule has 0 fully saturated rings. The average molecular weight is 245 g/mol. The van der Waals surface area contributed by atoms with Crippen LogP contribution < -0.4 is 5.73 Å². The number of nitrogens with two attached hydrogens (primary N) is 1. The molecule has 1 aromatic heterocycles. The molecule has 0 aliphatic heterocycles. The number of ether oxygens (including phenoxy) is 1. The first kappa shape index (κ1) is 12.1. The summed E-state index contributed by atoms with van der Waals surface area (Å²) in [6.45, 7) is -1.74. The Bertz CT molecular complexity index is 319. The van der Waals surface area contributed by atoms with Crippen molar-refractivity contribution in [2.75, 3.05) is 12.3 Å². The first-order valence-corrected chi connectivity index (χ1v) is 4.51. The van der Waals surface area contributed by atoms with Gasteiger partial charge in [0.05, 0.1) is 0 Å². The predicted molar refractivity (Wildman–Crippen MR) is 44.9 cm³/mol. The zero-order chi connectivity index (χ0) is 11.5. The lowest BCUT2D eigenvalue weighted by Gasteiger charge is -2.14. The van der Waals surface area contributed by atoms with E-state index in [0.29, 0.717) is 0 Å². The number of hydrogen-bond donors (Lipinski definition) is 1. The third kappa shape index (κ3) is 3.59. The van der Waals surface area contributed by atoms with Gasteiger partial charge in [-0.25, -0.2) is 13.8 Å². The van der Waals surface area contributed by atoms with Crippen molar-refractivity contribution >= 4 is 16.7 Å². The number of aromatic nitrogens is 2. The van der Waals surface area contributed by atoms with E-state index in [1.807, 2.05) is 0 Å². The van der Waals surface area contributed by atoms with Gasteiger partial charge < -0.3 is 10.5 Å². The van der Waals surface area contributed by atoms with Gasteiger partial charge in [0.2, 0.25) is 0 Å². The quantitative estimate of drug-likeness (QED) is 0.799. The van der Waals surface area contributed by atoms with Gasteiger partial charge in [0.15, 0.2) is 11.0 Å². The van der Waals surface area contributed by atoms with Crippen LogP contribution in [0.3, 0.4) is 0 Å². The van der Waals surface area contributed by atoms with E-state index < -0.39 is 19.0 Å². The van der Waals surface area contributed by atoms with Crippen molar-refractivity contribution in [3.05, 3.63) is 5.82 Å². The molecule has 15 heavy (non-hydrogen) atoms. The number of alkyl halides is 4. The number of hydrogen-bond acceptors (Lipinski definition) is 5. The molecular formula is C6H7F4N3OS. The number of nitrogen functional groups attached to an aromatic ring is 1. The largest absolute Gasteiger partial charge is 0.374 e. The van der Waals surface area contributed by atoms with Crippen LogP contribution in [-0.4, -0.2) is 28.3 Å². The standard InChI is InChI=1S/C6H7F4N3OS/c7-4(8)6(9,10)2-14-1-3-12-5(11)15-13-3/h4H,1-2H2,(H2,11,12,13). The third-order valence-corrected chi connectivity index (χ3v) is 1.91. The average Bonchev–Trinajstić information content (AvgIpc) is 2.51. The Morgan fingerprint density at radius 1 is 1.47 bits per heavy atom. The van der Waals surface area contributed by atoms with Crippen LogP contribution >= 0.6 is 11.5 Å². The van der Waals surface area contributed by atoms with Gasteiger partial charge in [0, 0.05) is 11.5 Å². The van der Waals surface area contributed by atoms with Crippen molar-refractivity contribution in [1.82, 2.24) is 9.36 Å². The first-order chi connectivity index (χ1) is 6.92. The van der Waals surface area contributed by atoms with Crippen molar-refractivity contribution in [3.8, 4) is 0 Å². The Balaban J connectivity index is 2.33. The minimum absolute atomic E-state index is 0.0996. The molecule has 1 heterocycles.